The summed E-state index contributed by atoms with van der Waals surface area (Å²) in [4.78, 5) is 22.7. The first-order valence-electron chi connectivity index (χ1n) is 13.0. The maximum Gasteiger partial charge on any atom is 0.322 e. The fourth-order valence-corrected chi connectivity index (χ4v) is 8.95. The van der Waals surface area contributed by atoms with E-state index in [9.17, 15) is 24.9 Å². The van der Waals surface area contributed by atoms with Gasteiger partial charge in [0.15, 0.2) is 0 Å². The van der Waals surface area contributed by atoms with Gasteiger partial charge >= 0.3 is 5.97 Å². The third-order valence-electron chi connectivity index (χ3n) is 10.8. The normalized spacial score (nSPS) is 47.7. The molecule has 5 N–H and O–H groups in total. The van der Waals surface area contributed by atoms with Crippen LogP contribution in [-0.2, 0) is 9.59 Å². The van der Waals surface area contributed by atoms with Gasteiger partial charge in [0.25, 0.3) is 0 Å². The summed E-state index contributed by atoms with van der Waals surface area (Å²) in [5.41, 5.74) is -0.214. The molecular weight excluding hydrogens is 422 g/mol. The fraction of sp³-hybridized carbons (Fsp3) is 0.923. The van der Waals surface area contributed by atoms with Crippen LogP contribution in [0.5, 0.6) is 0 Å². The Hall–Kier alpha value is -1.18. The van der Waals surface area contributed by atoms with Crippen molar-refractivity contribution in [1.82, 2.24) is 5.32 Å². The van der Waals surface area contributed by atoms with Crippen LogP contribution >= 0.6 is 0 Å². The van der Waals surface area contributed by atoms with E-state index in [2.05, 4.69) is 26.1 Å². The lowest BCUT2D eigenvalue weighted by Crippen LogP contribution is -2.62. The molecule has 33 heavy (non-hydrogen) atoms. The number of aliphatic hydroxyl groups is 3. The minimum absolute atomic E-state index is 0.0668. The van der Waals surface area contributed by atoms with E-state index in [0.29, 0.717) is 25.2 Å². The second kappa shape index (κ2) is 9.12. The van der Waals surface area contributed by atoms with E-state index in [1.54, 1.807) is 0 Å². The van der Waals surface area contributed by atoms with Crippen molar-refractivity contribution in [1.29, 1.82) is 0 Å². The highest BCUT2D eigenvalue weighted by atomic mass is 16.4. The smallest absolute Gasteiger partial charge is 0.322 e. The van der Waals surface area contributed by atoms with Gasteiger partial charge in [0.2, 0.25) is 5.91 Å². The molecule has 188 valence electrons. The molecule has 0 heterocycles. The van der Waals surface area contributed by atoms with Crippen molar-refractivity contribution in [2.24, 2.45) is 46.3 Å². The zero-order valence-electron chi connectivity index (χ0n) is 20.4. The van der Waals surface area contributed by atoms with Gasteiger partial charge in [0.1, 0.15) is 6.54 Å². The van der Waals surface area contributed by atoms with Crippen LogP contribution in [0.2, 0.25) is 0 Å². The predicted molar refractivity (Wildman–Crippen MR) is 123 cm³/mol. The van der Waals surface area contributed by atoms with Crippen molar-refractivity contribution >= 4 is 11.9 Å². The molecule has 7 nitrogen and oxygen atoms in total. The summed E-state index contributed by atoms with van der Waals surface area (Å²) in [6.07, 6.45) is 5.86. The number of aliphatic hydroxyl groups excluding tert-OH is 3. The lowest BCUT2D eigenvalue weighted by Gasteiger charge is -2.63. The number of hydrogen-bond acceptors (Lipinski definition) is 5. The van der Waals surface area contributed by atoms with E-state index in [1.807, 2.05) is 0 Å². The lowest BCUT2D eigenvalue weighted by molar-refractivity contribution is -0.207. The molecule has 1 amide bonds. The zero-order valence-corrected chi connectivity index (χ0v) is 20.4. The molecule has 0 aliphatic heterocycles. The van der Waals surface area contributed by atoms with Crippen LogP contribution in [0.4, 0.5) is 0 Å². The number of amides is 1. The molecule has 4 saturated carbocycles. The second-order valence-electron chi connectivity index (χ2n) is 12.2. The highest BCUT2D eigenvalue weighted by molar-refractivity contribution is 5.81. The summed E-state index contributed by atoms with van der Waals surface area (Å²) >= 11 is 0. The first kappa shape index (κ1) is 24.9. The summed E-state index contributed by atoms with van der Waals surface area (Å²) in [6.45, 7) is 6.35. The molecule has 4 unspecified atom stereocenters. The van der Waals surface area contributed by atoms with Crippen molar-refractivity contribution in [2.45, 2.75) is 96.9 Å². The van der Waals surface area contributed by atoms with Crippen LogP contribution in [0.1, 0.15) is 78.6 Å². The minimum atomic E-state index is -1.04. The number of nitrogens with one attached hydrogen (secondary N) is 1. The predicted octanol–water partition coefficient (Wildman–Crippen LogP) is 2.56. The number of carboxylic acids is 1. The van der Waals surface area contributed by atoms with Crippen LogP contribution in [0.25, 0.3) is 0 Å². The largest absolute Gasteiger partial charge is 0.480 e. The molecule has 0 aromatic rings. The van der Waals surface area contributed by atoms with E-state index in [1.165, 1.54) is 0 Å². The van der Waals surface area contributed by atoms with Crippen LogP contribution in [0.15, 0.2) is 0 Å². The number of carbonyl (C=O) groups is 2. The number of rotatable bonds is 6. The van der Waals surface area contributed by atoms with Crippen LogP contribution < -0.4 is 5.32 Å². The standard InChI is InChI=1S/C26H43NO6/c1-14(4-7-22(31)27-13-23(32)33)17-5-6-18-24-19(12-21(30)26(17,18)3)25(2)9-8-16(28)10-15(25)11-20(24)29/h14-21,24,28-30H,4-13H2,1-3H3,(H,27,31)(H,32,33)/t14-,15?,16-,17-,18+,19+,20?,21+,24?,25?,26-/m1/s1. The van der Waals surface area contributed by atoms with Crippen molar-refractivity contribution in [3.05, 3.63) is 0 Å². The molecule has 7 heteroatoms. The molecule has 11 atom stereocenters. The Balaban J connectivity index is 1.49. The topological polar surface area (TPSA) is 127 Å². The van der Waals surface area contributed by atoms with Crippen molar-refractivity contribution in [3.8, 4) is 0 Å². The lowest BCUT2D eigenvalue weighted by atomic mass is 9.43. The first-order chi connectivity index (χ1) is 15.5. The Bertz CT molecular complexity index is 759. The van der Waals surface area contributed by atoms with Gasteiger partial charge in [0, 0.05) is 6.42 Å². The summed E-state index contributed by atoms with van der Waals surface area (Å²) < 4.78 is 0. The van der Waals surface area contributed by atoms with E-state index in [0.717, 1.165) is 38.5 Å². The first-order valence-corrected chi connectivity index (χ1v) is 13.0. The van der Waals surface area contributed by atoms with Gasteiger partial charge in [-0.3, -0.25) is 9.59 Å². The molecular formula is C26H43NO6. The van der Waals surface area contributed by atoms with Crippen molar-refractivity contribution in [2.75, 3.05) is 6.54 Å². The Morgan fingerprint density at radius 1 is 1.03 bits per heavy atom. The molecule has 4 aliphatic rings. The van der Waals surface area contributed by atoms with Crippen LogP contribution in [0, 0.1) is 46.3 Å². The number of fused-ring (bicyclic) bond motifs is 5. The third kappa shape index (κ3) is 4.23. The maximum absolute atomic E-state index is 12.0. The highest BCUT2D eigenvalue weighted by Crippen LogP contribution is 2.68. The van der Waals surface area contributed by atoms with E-state index in [-0.39, 0.29) is 65.1 Å². The summed E-state index contributed by atoms with van der Waals surface area (Å²) in [5, 5.41) is 44.4. The zero-order chi connectivity index (χ0) is 24.1. The van der Waals surface area contributed by atoms with E-state index < -0.39 is 12.1 Å². The van der Waals surface area contributed by atoms with Gasteiger partial charge < -0.3 is 25.7 Å². The molecule has 4 rings (SSSR count). The monoisotopic (exact) mass is 465 g/mol. The quantitative estimate of drug-likeness (QED) is 0.410. The van der Waals surface area contributed by atoms with Crippen molar-refractivity contribution in [3.63, 3.8) is 0 Å². The SMILES string of the molecule is C[C@H](CCC(=O)NCC(=O)O)[C@H]1CC[C@H]2C3C(O)CC4C[C@H](O)CCC4(C)[C@H]3C[C@H](O)[C@]12C. The van der Waals surface area contributed by atoms with Crippen LogP contribution in [-0.4, -0.2) is 57.2 Å². The molecule has 0 aromatic heterocycles. The minimum Gasteiger partial charge on any atom is -0.480 e. The van der Waals surface area contributed by atoms with Gasteiger partial charge in [-0.1, -0.05) is 20.8 Å². The molecule has 4 fully saturated rings. The Kier molecular flexibility index (Phi) is 6.89. The van der Waals surface area contributed by atoms with Gasteiger partial charge in [-0.2, -0.15) is 0 Å². The average molecular weight is 466 g/mol. The number of carbonyl (C=O) groups excluding carboxylic acids is 1. The highest BCUT2D eigenvalue weighted by Gasteiger charge is 2.65. The summed E-state index contributed by atoms with van der Waals surface area (Å²) in [7, 11) is 0. The Morgan fingerprint density at radius 3 is 2.45 bits per heavy atom. The molecule has 0 radical (unpaired) electrons. The number of aliphatic carboxylic acids is 1. The summed E-state index contributed by atoms with van der Waals surface area (Å²) in [5.74, 6) is 0.265. The Morgan fingerprint density at radius 2 is 1.76 bits per heavy atom. The van der Waals surface area contributed by atoms with Gasteiger partial charge in [-0.05, 0) is 97.7 Å². The number of carboxylic acid groups (broad SMARTS) is 1. The van der Waals surface area contributed by atoms with E-state index in [4.69, 9.17) is 5.11 Å². The molecule has 0 saturated heterocycles. The third-order valence-corrected chi connectivity index (χ3v) is 10.8. The average Bonchev–Trinajstić information content (AvgIpc) is 3.11. The van der Waals surface area contributed by atoms with E-state index >= 15 is 0 Å². The number of hydrogen-bond donors (Lipinski definition) is 5. The van der Waals surface area contributed by atoms with Gasteiger partial charge in [-0.25, -0.2) is 0 Å². The molecule has 0 aromatic carbocycles. The molecule has 0 spiro atoms. The van der Waals surface area contributed by atoms with Gasteiger partial charge in [-0.15, -0.1) is 0 Å². The molecule has 0 bridgehead atoms. The second-order valence-corrected chi connectivity index (χ2v) is 12.2. The fourth-order valence-electron chi connectivity index (χ4n) is 8.95. The maximum atomic E-state index is 12.0. The molecule has 4 aliphatic carbocycles. The Labute approximate surface area is 197 Å². The van der Waals surface area contributed by atoms with Crippen LogP contribution in [0.3, 0.4) is 0 Å². The summed E-state index contributed by atoms with van der Waals surface area (Å²) in [6, 6.07) is 0. The van der Waals surface area contributed by atoms with Crippen molar-refractivity contribution < 1.29 is 30.0 Å². The van der Waals surface area contributed by atoms with Gasteiger partial charge in [0.05, 0.1) is 18.3 Å².